The predicted molar refractivity (Wildman–Crippen MR) is 169 cm³/mol. The number of rotatable bonds is 5. The highest BCUT2D eigenvalue weighted by Gasteiger charge is 2.40. The zero-order valence-electron chi connectivity index (χ0n) is 23.5. The Morgan fingerprint density at radius 3 is 2.41 bits per heavy atom. The number of fused-ring (bicyclic) bond motifs is 1. The second-order valence-electron chi connectivity index (χ2n) is 11.3. The molecule has 2 saturated heterocycles. The van der Waals surface area contributed by atoms with Crippen LogP contribution in [0.15, 0.2) is 77.7 Å². The minimum absolute atomic E-state index is 0.0532. The third kappa shape index (κ3) is 6.34. The summed E-state index contributed by atoms with van der Waals surface area (Å²) in [6.45, 7) is 5.69. The Bertz CT molecular complexity index is 1430. The van der Waals surface area contributed by atoms with E-state index >= 15 is 0 Å². The van der Waals surface area contributed by atoms with Crippen molar-refractivity contribution >= 4 is 46.9 Å². The van der Waals surface area contributed by atoms with Crippen molar-refractivity contribution in [1.82, 2.24) is 9.80 Å². The predicted octanol–water partition coefficient (Wildman–Crippen LogP) is 7.04. The molecule has 3 aromatic rings. The fourth-order valence-electron chi connectivity index (χ4n) is 6.24. The Labute approximate surface area is 252 Å². The highest BCUT2D eigenvalue weighted by atomic mass is 35.5. The molecule has 7 heteroatoms. The van der Waals surface area contributed by atoms with Gasteiger partial charge < -0.3 is 14.7 Å². The fourth-order valence-corrected chi connectivity index (χ4v) is 7.84. The second kappa shape index (κ2) is 12.3. The van der Waals surface area contributed by atoms with Crippen LogP contribution in [0, 0.1) is 6.92 Å². The highest BCUT2D eigenvalue weighted by Crippen LogP contribution is 2.42. The van der Waals surface area contributed by atoms with Gasteiger partial charge in [0, 0.05) is 60.3 Å². The van der Waals surface area contributed by atoms with Crippen LogP contribution in [0.2, 0.25) is 5.02 Å². The summed E-state index contributed by atoms with van der Waals surface area (Å²) in [6, 6.07) is 24.4. The summed E-state index contributed by atoms with van der Waals surface area (Å²) in [5.41, 5.74) is 5.17. The molecule has 2 unspecified atom stereocenters. The third-order valence-corrected chi connectivity index (χ3v) is 10.1. The zero-order chi connectivity index (χ0) is 28.3. The van der Waals surface area contributed by atoms with Crippen LogP contribution in [-0.4, -0.2) is 59.1 Å². The maximum absolute atomic E-state index is 13.8. The third-order valence-electron chi connectivity index (χ3n) is 8.47. The molecule has 212 valence electrons. The van der Waals surface area contributed by atoms with Crippen LogP contribution < -0.4 is 4.90 Å². The Balaban J connectivity index is 1.13. The second-order valence-corrected chi connectivity index (χ2v) is 13.0. The SMILES string of the molecule is Cc1cccc(CN2C(=O)/C(=C\c3ccc(C(=O)N4CCN(c5ccc(Cl)cc5)CC4)cc3)SC3CCCCC32)c1. The van der Waals surface area contributed by atoms with Gasteiger partial charge in [0.15, 0.2) is 0 Å². The van der Waals surface area contributed by atoms with Crippen molar-refractivity contribution in [3.63, 3.8) is 0 Å². The van der Waals surface area contributed by atoms with Crippen molar-refractivity contribution in [2.75, 3.05) is 31.1 Å². The molecule has 3 aromatic carbocycles. The summed E-state index contributed by atoms with van der Waals surface area (Å²) in [4.78, 5) is 34.1. The molecule has 0 radical (unpaired) electrons. The first-order chi connectivity index (χ1) is 19.9. The van der Waals surface area contributed by atoms with E-state index in [1.807, 2.05) is 59.5 Å². The van der Waals surface area contributed by atoms with Crippen LogP contribution in [0.1, 0.15) is 52.7 Å². The number of anilines is 1. The van der Waals surface area contributed by atoms with Gasteiger partial charge in [0.2, 0.25) is 0 Å². The number of carbonyl (C=O) groups excluding carboxylic acids is 2. The molecule has 6 rings (SSSR count). The molecule has 0 bridgehead atoms. The molecule has 2 atom stereocenters. The van der Waals surface area contributed by atoms with E-state index < -0.39 is 0 Å². The summed E-state index contributed by atoms with van der Waals surface area (Å²) in [5, 5.41) is 1.16. The van der Waals surface area contributed by atoms with Crippen LogP contribution in [0.25, 0.3) is 6.08 Å². The number of carbonyl (C=O) groups is 2. The zero-order valence-corrected chi connectivity index (χ0v) is 25.0. The van der Waals surface area contributed by atoms with Crippen molar-refractivity contribution in [2.24, 2.45) is 0 Å². The molecule has 0 spiro atoms. The average molecular weight is 586 g/mol. The lowest BCUT2D eigenvalue weighted by Gasteiger charge is -2.44. The minimum Gasteiger partial charge on any atom is -0.368 e. The molecule has 2 amide bonds. The van der Waals surface area contributed by atoms with Gasteiger partial charge in [-0.2, -0.15) is 0 Å². The first kappa shape index (κ1) is 27.9. The van der Waals surface area contributed by atoms with Gasteiger partial charge in [-0.25, -0.2) is 0 Å². The number of benzene rings is 3. The van der Waals surface area contributed by atoms with E-state index in [1.54, 1.807) is 11.8 Å². The highest BCUT2D eigenvalue weighted by molar-refractivity contribution is 8.04. The number of thioether (sulfide) groups is 1. The lowest BCUT2D eigenvalue weighted by Crippen LogP contribution is -2.50. The number of halogens is 1. The van der Waals surface area contributed by atoms with Crippen molar-refractivity contribution in [2.45, 2.75) is 50.4 Å². The number of amides is 2. The fraction of sp³-hybridized carbons (Fsp3) is 0.353. The van der Waals surface area contributed by atoms with Crippen LogP contribution in [0.5, 0.6) is 0 Å². The van der Waals surface area contributed by atoms with Gasteiger partial charge in [-0.3, -0.25) is 9.59 Å². The summed E-state index contributed by atoms with van der Waals surface area (Å²) in [6.07, 6.45) is 6.64. The molecule has 0 N–H and O–H groups in total. The first-order valence-electron chi connectivity index (χ1n) is 14.6. The first-order valence-corrected chi connectivity index (χ1v) is 15.8. The van der Waals surface area contributed by atoms with E-state index in [0.717, 1.165) is 47.1 Å². The molecule has 3 fully saturated rings. The smallest absolute Gasteiger partial charge is 0.260 e. The Hall–Kier alpha value is -3.22. The maximum Gasteiger partial charge on any atom is 0.260 e. The summed E-state index contributed by atoms with van der Waals surface area (Å²) in [7, 11) is 0. The number of hydrogen-bond acceptors (Lipinski definition) is 4. The molecule has 2 aliphatic heterocycles. The largest absolute Gasteiger partial charge is 0.368 e. The Kier molecular flexibility index (Phi) is 8.40. The molecular formula is C34H36ClN3O2S. The van der Waals surface area contributed by atoms with Gasteiger partial charge in [-0.15, -0.1) is 11.8 Å². The van der Waals surface area contributed by atoms with Crippen molar-refractivity contribution in [3.05, 3.63) is 105 Å². The number of piperazine rings is 1. The molecule has 2 heterocycles. The van der Waals surface area contributed by atoms with E-state index in [9.17, 15) is 9.59 Å². The molecule has 5 nitrogen and oxygen atoms in total. The number of nitrogens with zero attached hydrogens (tertiary/aromatic N) is 3. The quantitative estimate of drug-likeness (QED) is 0.301. The van der Waals surface area contributed by atoms with Crippen molar-refractivity contribution in [1.29, 1.82) is 0 Å². The lowest BCUT2D eigenvalue weighted by atomic mass is 9.92. The van der Waals surface area contributed by atoms with E-state index in [2.05, 4.69) is 41.0 Å². The van der Waals surface area contributed by atoms with Crippen LogP contribution in [0.4, 0.5) is 5.69 Å². The van der Waals surface area contributed by atoms with Crippen molar-refractivity contribution < 1.29 is 9.59 Å². The van der Waals surface area contributed by atoms with E-state index in [1.165, 1.54) is 24.0 Å². The Morgan fingerprint density at radius 1 is 0.951 bits per heavy atom. The van der Waals surface area contributed by atoms with Crippen LogP contribution in [0.3, 0.4) is 0 Å². The summed E-state index contributed by atoms with van der Waals surface area (Å²) in [5.74, 6) is 0.177. The number of hydrogen-bond donors (Lipinski definition) is 0. The average Bonchev–Trinajstić information content (AvgIpc) is 3.00. The summed E-state index contributed by atoms with van der Waals surface area (Å²) >= 11 is 7.78. The minimum atomic E-state index is 0.0532. The molecule has 41 heavy (non-hydrogen) atoms. The number of aryl methyl sites for hydroxylation is 1. The van der Waals surface area contributed by atoms with Gasteiger partial charge in [0.1, 0.15) is 0 Å². The standard InChI is InChI=1S/C34H36ClN3O2S/c1-24-5-4-6-26(21-24)23-38-30-7-2-3-8-31(30)41-32(34(38)40)22-25-9-11-27(12-10-25)33(39)37-19-17-36(18-20-37)29-15-13-28(35)14-16-29/h4-6,9-16,21-22,30-31H,2-3,7-8,17-20,23H2,1H3/b32-22+. The van der Waals surface area contributed by atoms with Gasteiger partial charge >= 0.3 is 0 Å². The van der Waals surface area contributed by atoms with Gasteiger partial charge in [0.05, 0.1) is 4.91 Å². The molecule has 3 aliphatic rings. The normalized spacial score (nSPS) is 22.1. The molecule has 0 aromatic heterocycles. The van der Waals surface area contributed by atoms with Gasteiger partial charge in [0.25, 0.3) is 11.8 Å². The lowest BCUT2D eigenvalue weighted by molar-refractivity contribution is -0.130. The molecule has 1 saturated carbocycles. The molecular weight excluding hydrogens is 550 g/mol. The van der Waals surface area contributed by atoms with E-state index in [4.69, 9.17) is 11.6 Å². The van der Waals surface area contributed by atoms with Gasteiger partial charge in [-0.05, 0) is 73.4 Å². The maximum atomic E-state index is 13.8. The van der Waals surface area contributed by atoms with E-state index in [0.29, 0.717) is 36.5 Å². The monoisotopic (exact) mass is 585 g/mol. The topological polar surface area (TPSA) is 43.9 Å². The van der Waals surface area contributed by atoms with Crippen LogP contribution in [-0.2, 0) is 11.3 Å². The van der Waals surface area contributed by atoms with Crippen molar-refractivity contribution in [3.8, 4) is 0 Å². The summed E-state index contributed by atoms with van der Waals surface area (Å²) < 4.78 is 0. The Morgan fingerprint density at radius 2 is 1.68 bits per heavy atom. The van der Waals surface area contributed by atoms with Gasteiger partial charge in [-0.1, -0.05) is 66.4 Å². The van der Waals surface area contributed by atoms with E-state index in [-0.39, 0.29) is 11.8 Å². The molecule has 1 aliphatic carbocycles. The van der Waals surface area contributed by atoms with Crippen LogP contribution >= 0.6 is 23.4 Å².